The van der Waals surface area contributed by atoms with Crippen molar-refractivity contribution < 1.29 is 9.90 Å². The highest BCUT2D eigenvalue weighted by Gasteiger charge is 2.15. The van der Waals surface area contributed by atoms with Gasteiger partial charge in [-0.2, -0.15) is 0 Å². The number of rotatable bonds is 6. The monoisotopic (exact) mass is 310 g/mol. The zero-order valence-corrected chi connectivity index (χ0v) is 12.5. The Hall–Kier alpha value is -1.59. The number of nitrogens with one attached hydrogen (secondary N) is 1. The van der Waals surface area contributed by atoms with E-state index in [4.69, 9.17) is 16.7 Å². The van der Waals surface area contributed by atoms with Crippen molar-refractivity contribution in [3.05, 3.63) is 45.2 Å². The first-order valence-electron chi connectivity index (χ1n) is 6.30. The Balaban J connectivity index is 2.21. The standard InChI is InChI=1S/C14H15ClN2O2S/c1-2-4-11(12-5-3-6-20-12)17-13-10(15)7-9(8-16-13)14(18)19/h3,5-8,11H,2,4H2,1H3,(H,16,17)(H,18,19). The van der Waals surface area contributed by atoms with E-state index >= 15 is 0 Å². The molecule has 0 spiro atoms. The molecule has 0 aromatic carbocycles. The summed E-state index contributed by atoms with van der Waals surface area (Å²) < 4.78 is 0. The Morgan fingerprint density at radius 1 is 1.60 bits per heavy atom. The van der Waals surface area contributed by atoms with E-state index in [-0.39, 0.29) is 11.6 Å². The molecular weight excluding hydrogens is 296 g/mol. The fraction of sp³-hybridized carbons (Fsp3) is 0.286. The highest BCUT2D eigenvalue weighted by atomic mass is 35.5. The van der Waals surface area contributed by atoms with Crippen LogP contribution in [0.15, 0.2) is 29.8 Å². The van der Waals surface area contributed by atoms with Gasteiger partial charge in [0.2, 0.25) is 0 Å². The van der Waals surface area contributed by atoms with E-state index in [1.165, 1.54) is 17.1 Å². The number of hydrogen-bond donors (Lipinski definition) is 2. The molecule has 0 amide bonds. The minimum absolute atomic E-state index is 0.0868. The predicted octanol–water partition coefficient (Wildman–Crippen LogP) is 4.45. The zero-order chi connectivity index (χ0) is 14.5. The minimum Gasteiger partial charge on any atom is -0.478 e. The van der Waals surface area contributed by atoms with Crippen LogP contribution in [0, 0.1) is 0 Å². The van der Waals surface area contributed by atoms with Crippen molar-refractivity contribution in [2.24, 2.45) is 0 Å². The molecule has 6 heteroatoms. The van der Waals surface area contributed by atoms with Crippen molar-refractivity contribution in [2.75, 3.05) is 5.32 Å². The average molecular weight is 311 g/mol. The number of nitrogens with zero attached hydrogens (tertiary/aromatic N) is 1. The normalized spacial score (nSPS) is 12.1. The maximum Gasteiger partial charge on any atom is 0.337 e. The second-order valence-corrected chi connectivity index (χ2v) is 5.75. The third-order valence-corrected chi connectivity index (χ3v) is 4.14. The lowest BCUT2D eigenvalue weighted by Crippen LogP contribution is -2.11. The summed E-state index contributed by atoms with van der Waals surface area (Å²) in [5, 5.41) is 14.5. The fourth-order valence-corrected chi connectivity index (χ4v) is 2.92. The van der Waals surface area contributed by atoms with Crippen molar-refractivity contribution in [1.82, 2.24) is 4.98 Å². The van der Waals surface area contributed by atoms with E-state index in [1.54, 1.807) is 11.3 Å². The number of carboxylic acids is 1. The van der Waals surface area contributed by atoms with E-state index < -0.39 is 5.97 Å². The molecule has 106 valence electrons. The molecule has 2 rings (SSSR count). The number of hydrogen-bond acceptors (Lipinski definition) is 4. The third-order valence-electron chi connectivity index (χ3n) is 2.86. The summed E-state index contributed by atoms with van der Waals surface area (Å²) in [6.45, 7) is 2.12. The Bertz CT molecular complexity index is 587. The molecule has 4 nitrogen and oxygen atoms in total. The number of anilines is 1. The molecule has 0 aliphatic heterocycles. The van der Waals surface area contributed by atoms with E-state index in [2.05, 4.69) is 23.3 Å². The first kappa shape index (κ1) is 14.8. The van der Waals surface area contributed by atoms with Gasteiger partial charge in [0.15, 0.2) is 0 Å². The van der Waals surface area contributed by atoms with Gasteiger partial charge in [0, 0.05) is 11.1 Å². The SMILES string of the molecule is CCCC(Nc1ncc(C(=O)O)cc1Cl)c1cccs1. The van der Waals surface area contributed by atoms with Crippen LogP contribution in [-0.2, 0) is 0 Å². The Morgan fingerprint density at radius 3 is 2.95 bits per heavy atom. The van der Waals surface area contributed by atoms with Crippen LogP contribution in [0.2, 0.25) is 5.02 Å². The van der Waals surface area contributed by atoms with Crippen molar-refractivity contribution in [3.63, 3.8) is 0 Å². The van der Waals surface area contributed by atoms with Crippen molar-refractivity contribution in [3.8, 4) is 0 Å². The number of carbonyl (C=O) groups is 1. The second kappa shape index (κ2) is 6.72. The number of halogens is 1. The van der Waals surface area contributed by atoms with Crippen molar-refractivity contribution in [1.29, 1.82) is 0 Å². The number of pyridine rings is 1. The quantitative estimate of drug-likeness (QED) is 0.827. The van der Waals surface area contributed by atoms with Gasteiger partial charge in [-0.1, -0.05) is 31.0 Å². The number of thiophene rings is 1. The van der Waals surface area contributed by atoms with E-state index in [1.807, 2.05) is 11.4 Å². The molecule has 2 N–H and O–H groups in total. The molecule has 1 unspecified atom stereocenters. The highest BCUT2D eigenvalue weighted by molar-refractivity contribution is 7.10. The van der Waals surface area contributed by atoms with Gasteiger partial charge >= 0.3 is 5.97 Å². The van der Waals surface area contributed by atoms with Crippen LogP contribution in [0.1, 0.15) is 41.0 Å². The van der Waals surface area contributed by atoms with Crippen molar-refractivity contribution >= 4 is 34.7 Å². The van der Waals surface area contributed by atoms with Gasteiger partial charge in [-0.3, -0.25) is 0 Å². The molecule has 20 heavy (non-hydrogen) atoms. The maximum atomic E-state index is 10.9. The molecule has 1 atom stereocenters. The number of aromatic nitrogens is 1. The van der Waals surface area contributed by atoms with Crippen LogP contribution in [0.4, 0.5) is 5.82 Å². The Morgan fingerprint density at radius 2 is 2.40 bits per heavy atom. The molecule has 2 aromatic rings. The smallest absolute Gasteiger partial charge is 0.337 e. The van der Waals surface area contributed by atoms with Crippen LogP contribution in [0.5, 0.6) is 0 Å². The van der Waals surface area contributed by atoms with Gasteiger partial charge in [0.05, 0.1) is 16.6 Å². The van der Waals surface area contributed by atoms with Gasteiger partial charge in [0.25, 0.3) is 0 Å². The minimum atomic E-state index is -1.03. The molecule has 0 saturated carbocycles. The van der Waals surface area contributed by atoms with E-state index in [0.29, 0.717) is 10.8 Å². The summed E-state index contributed by atoms with van der Waals surface area (Å²) in [5.74, 6) is -0.516. The first-order valence-corrected chi connectivity index (χ1v) is 7.56. The van der Waals surface area contributed by atoms with Crippen LogP contribution in [0.25, 0.3) is 0 Å². The molecule has 0 fully saturated rings. The summed E-state index contributed by atoms with van der Waals surface area (Å²) in [6, 6.07) is 5.63. The summed E-state index contributed by atoms with van der Waals surface area (Å²) in [5.41, 5.74) is 0.0868. The number of carboxylic acid groups (broad SMARTS) is 1. The second-order valence-electron chi connectivity index (χ2n) is 4.36. The predicted molar refractivity (Wildman–Crippen MR) is 81.8 cm³/mol. The maximum absolute atomic E-state index is 10.9. The zero-order valence-electron chi connectivity index (χ0n) is 11.0. The third kappa shape index (κ3) is 3.49. The molecule has 0 aliphatic rings. The van der Waals surface area contributed by atoms with Gasteiger partial charge < -0.3 is 10.4 Å². The topological polar surface area (TPSA) is 62.2 Å². The molecule has 0 radical (unpaired) electrons. The van der Waals surface area contributed by atoms with E-state index in [0.717, 1.165) is 12.8 Å². The Kier molecular flexibility index (Phi) is 4.98. The first-order chi connectivity index (χ1) is 9.61. The van der Waals surface area contributed by atoms with Crippen molar-refractivity contribution in [2.45, 2.75) is 25.8 Å². The van der Waals surface area contributed by atoms with E-state index in [9.17, 15) is 4.79 Å². The molecular formula is C14H15ClN2O2S. The van der Waals surface area contributed by atoms with Gasteiger partial charge in [-0.05, 0) is 23.9 Å². The van der Waals surface area contributed by atoms with Gasteiger partial charge in [0.1, 0.15) is 5.82 Å². The lowest BCUT2D eigenvalue weighted by atomic mass is 10.1. The molecule has 0 bridgehead atoms. The summed E-state index contributed by atoms with van der Waals surface area (Å²) in [7, 11) is 0. The fourth-order valence-electron chi connectivity index (χ4n) is 1.89. The average Bonchev–Trinajstić information content (AvgIpc) is 2.94. The van der Waals surface area contributed by atoms with Gasteiger partial charge in [-0.25, -0.2) is 9.78 Å². The van der Waals surface area contributed by atoms with Crippen LogP contribution < -0.4 is 5.32 Å². The largest absolute Gasteiger partial charge is 0.478 e. The van der Waals surface area contributed by atoms with Gasteiger partial charge in [-0.15, -0.1) is 11.3 Å². The summed E-state index contributed by atoms with van der Waals surface area (Å²) in [6.07, 6.45) is 3.30. The Labute approximate surface area is 126 Å². The summed E-state index contributed by atoms with van der Waals surface area (Å²) >= 11 is 7.77. The number of aromatic carboxylic acids is 1. The van der Waals surface area contributed by atoms with Crippen LogP contribution >= 0.6 is 22.9 Å². The molecule has 2 heterocycles. The summed E-state index contributed by atoms with van der Waals surface area (Å²) in [4.78, 5) is 16.2. The molecule has 0 aliphatic carbocycles. The molecule has 2 aromatic heterocycles. The van der Waals surface area contributed by atoms with Crippen LogP contribution in [-0.4, -0.2) is 16.1 Å². The highest BCUT2D eigenvalue weighted by Crippen LogP contribution is 2.30. The molecule has 0 saturated heterocycles. The lowest BCUT2D eigenvalue weighted by molar-refractivity contribution is 0.0696. The lowest BCUT2D eigenvalue weighted by Gasteiger charge is -2.18. The van der Waals surface area contributed by atoms with Crippen LogP contribution in [0.3, 0.4) is 0 Å².